The van der Waals surface area contributed by atoms with E-state index in [0.717, 1.165) is 21.5 Å². The van der Waals surface area contributed by atoms with Crippen LogP contribution in [0.3, 0.4) is 0 Å². The summed E-state index contributed by atoms with van der Waals surface area (Å²) < 4.78 is 0. The number of nitrogens with zero attached hydrogens (tertiary/aromatic N) is 2. The molecule has 0 radical (unpaired) electrons. The molecule has 0 aliphatic carbocycles. The molecule has 3 aromatic heterocycles. The predicted octanol–water partition coefficient (Wildman–Crippen LogP) is 3.14. The Morgan fingerprint density at radius 2 is 2.00 bits per heavy atom. The van der Waals surface area contributed by atoms with E-state index in [-0.39, 0.29) is 5.91 Å². The van der Waals surface area contributed by atoms with Gasteiger partial charge in [-0.15, -0.1) is 11.3 Å². The van der Waals surface area contributed by atoms with Crippen molar-refractivity contribution in [2.45, 2.75) is 13.8 Å². The smallest absolute Gasteiger partial charge is 0.267 e. The molecule has 3 rings (SSSR count). The van der Waals surface area contributed by atoms with Gasteiger partial charge in [0.2, 0.25) is 0 Å². The zero-order valence-corrected chi connectivity index (χ0v) is 12.5. The second kappa shape index (κ2) is 5.14. The molecule has 0 spiro atoms. The molecule has 0 bridgehead atoms. The maximum absolute atomic E-state index is 12.4. The Bertz CT molecular complexity index is 827. The van der Waals surface area contributed by atoms with Gasteiger partial charge in [0.05, 0.1) is 5.69 Å². The zero-order valence-electron chi connectivity index (χ0n) is 11.7. The van der Waals surface area contributed by atoms with Crippen LogP contribution in [0.5, 0.6) is 0 Å². The van der Waals surface area contributed by atoms with Crippen molar-refractivity contribution >= 4 is 38.8 Å². The van der Waals surface area contributed by atoms with Gasteiger partial charge < -0.3 is 11.1 Å². The molecule has 6 heteroatoms. The van der Waals surface area contributed by atoms with Gasteiger partial charge in [0.1, 0.15) is 9.71 Å². The summed E-state index contributed by atoms with van der Waals surface area (Å²) in [4.78, 5) is 22.0. The van der Waals surface area contributed by atoms with E-state index in [1.54, 1.807) is 24.5 Å². The van der Waals surface area contributed by atoms with Gasteiger partial charge in [-0.3, -0.25) is 9.78 Å². The van der Waals surface area contributed by atoms with Crippen molar-refractivity contribution in [1.82, 2.24) is 9.97 Å². The van der Waals surface area contributed by atoms with E-state index in [1.165, 1.54) is 11.3 Å². The normalized spacial score (nSPS) is 10.8. The molecule has 3 aromatic rings. The summed E-state index contributed by atoms with van der Waals surface area (Å²) >= 11 is 1.32. The van der Waals surface area contributed by atoms with Crippen molar-refractivity contribution in [3.8, 4) is 0 Å². The number of pyridine rings is 2. The first kappa shape index (κ1) is 13.5. The van der Waals surface area contributed by atoms with Gasteiger partial charge in [0.25, 0.3) is 5.91 Å². The van der Waals surface area contributed by atoms with Gasteiger partial charge in [0.15, 0.2) is 0 Å². The van der Waals surface area contributed by atoms with Crippen molar-refractivity contribution < 1.29 is 4.79 Å². The van der Waals surface area contributed by atoms with E-state index in [0.29, 0.717) is 16.3 Å². The lowest BCUT2D eigenvalue weighted by Gasteiger charge is -2.03. The highest BCUT2D eigenvalue weighted by Gasteiger charge is 2.19. The van der Waals surface area contributed by atoms with E-state index < -0.39 is 0 Å². The zero-order chi connectivity index (χ0) is 15.0. The third-order valence-electron chi connectivity index (χ3n) is 3.17. The van der Waals surface area contributed by atoms with Gasteiger partial charge in [-0.25, -0.2) is 4.98 Å². The van der Waals surface area contributed by atoms with Crippen LogP contribution >= 0.6 is 11.3 Å². The Hall–Kier alpha value is -2.47. The number of carbonyl (C=O) groups is 1. The quantitative estimate of drug-likeness (QED) is 0.761. The first-order chi connectivity index (χ1) is 10.1. The van der Waals surface area contributed by atoms with Crippen molar-refractivity contribution in [2.24, 2.45) is 0 Å². The third-order valence-corrected chi connectivity index (χ3v) is 4.27. The first-order valence-corrected chi connectivity index (χ1v) is 7.25. The average molecular weight is 298 g/mol. The highest BCUT2D eigenvalue weighted by atomic mass is 32.1. The lowest BCUT2D eigenvalue weighted by molar-refractivity contribution is 0.103. The summed E-state index contributed by atoms with van der Waals surface area (Å²) in [5.74, 6) is -0.223. The van der Waals surface area contributed by atoms with Gasteiger partial charge in [-0.1, -0.05) is 0 Å². The Labute approximate surface area is 125 Å². The topological polar surface area (TPSA) is 80.9 Å². The van der Waals surface area contributed by atoms with Crippen LogP contribution in [-0.4, -0.2) is 15.9 Å². The number of rotatable bonds is 2. The number of hydrogen-bond donors (Lipinski definition) is 2. The van der Waals surface area contributed by atoms with Crippen LogP contribution < -0.4 is 11.1 Å². The number of nitrogens with one attached hydrogen (secondary N) is 1. The number of nitrogen functional groups attached to an aromatic ring is 1. The molecule has 3 heterocycles. The number of hydrogen-bond acceptors (Lipinski definition) is 5. The monoisotopic (exact) mass is 298 g/mol. The van der Waals surface area contributed by atoms with E-state index in [1.807, 2.05) is 19.9 Å². The first-order valence-electron chi connectivity index (χ1n) is 6.44. The molecule has 0 aliphatic heterocycles. The van der Waals surface area contributed by atoms with E-state index in [4.69, 9.17) is 5.73 Å². The number of fused-ring (bicyclic) bond motifs is 1. The van der Waals surface area contributed by atoms with E-state index in [9.17, 15) is 4.79 Å². The number of aromatic nitrogens is 2. The van der Waals surface area contributed by atoms with Crippen LogP contribution in [0.2, 0.25) is 0 Å². The summed E-state index contributed by atoms with van der Waals surface area (Å²) in [6, 6.07) is 5.43. The number of carbonyl (C=O) groups excluding carboxylic acids is 1. The largest absolute Gasteiger partial charge is 0.397 e. The second-order valence-corrected chi connectivity index (χ2v) is 5.79. The van der Waals surface area contributed by atoms with Crippen molar-refractivity contribution in [3.05, 3.63) is 46.7 Å². The molecule has 0 aromatic carbocycles. The molecule has 5 nitrogen and oxygen atoms in total. The molecule has 0 saturated heterocycles. The minimum Gasteiger partial charge on any atom is -0.397 e. The molecule has 0 atom stereocenters. The van der Waals surface area contributed by atoms with Crippen LogP contribution in [0.4, 0.5) is 11.4 Å². The highest BCUT2D eigenvalue weighted by Crippen LogP contribution is 2.35. The molecule has 0 unspecified atom stereocenters. The average Bonchev–Trinajstić information content (AvgIpc) is 2.77. The molecule has 0 fully saturated rings. The minimum absolute atomic E-state index is 0.223. The summed E-state index contributed by atoms with van der Waals surface area (Å²) in [6.07, 6.45) is 3.25. The van der Waals surface area contributed by atoms with Crippen LogP contribution in [0.1, 0.15) is 20.9 Å². The molecule has 1 amide bonds. The number of thiophene rings is 1. The fourth-order valence-electron chi connectivity index (χ4n) is 2.26. The van der Waals surface area contributed by atoms with Crippen LogP contribution in [0, 0.1) is 13.8 Å². The fourth-order valence-corrected chi connectivity index (χ4v) is 3.37. The summed E-state index contributed by atoms with van der Waals surface area (Å²) in [5.41, 5.74) is 9.28. The van der Waals surface area contributed by atoms with E-state index >= 15 is 0 Å². The maximum Gasteiger partial charge on any atom is 0.267 e. The van der Waals surface area contributed by atoms with Gasteiger partial charge in [0, 0.05) is 29.2 Å². The Balaban J connectivity index is 2.03. The summed E-state index contributed by atoms with van der Waals surface area (Å²) in [6.45, 7) is 3.91. The molecule has 0 aliphatic rings. The van der Waals surface area contributed by atoms with Crippen LogP contribution in [0.25, 0.3) is 10.2 Å². The minimum atomic E-state index is -0.223. The molecule has 3 N–H and O–H groups in total. The van der Waals surface area contributed by atoms with Gasteiger partial charge in [-0.05, 0) is 37.6 Å². The Morgan fingerprint density at radius 3 is 2.71 bits per heavy atom. The Kier molecular flexibility index (Phi) is 3.31. The molecular formula is C15H14N4OS. The van der Waals surface area contributed by atoms with Crippen LogP contribution in [-0.2, 0) is 0 Å². The SMILES string of the molecule is Cc1cc(C)c2c(N)c(C(=O)Nc3ccncc3)sc2n1. The highest BCUT2D eigenvalue weighted by molar-refractivity contribution is 7.21. The van der Waals surface area contributed by atoms with Crippen molar-refractivity contribution in [2.75, 3.05) is 11.1 Å². The van der Waals surface area contributed by atoms with Gasteiger partial charge in [-0.2, -0.15) is 0 Å². The predicted molar refractivity (Wildman–Crippen MR) is 85.7 cm³/mol. The second-order valence-electron chi connectivity index (χ2n) is 4.80. The summed E-state index contributed by atoms with van der Waals surface area (Å²) in [7, 11) is 0. The maximum atomic E-state index is 12.4. The van der Waals surface area contributed by atoms with Crippen LogP contribution in [0.15, 0.2) is 30.6 Å². The number of amides is 1. The van der Waals surface area contributed by atoms with Crippen molar-refractivity contribution in [3.63, 3.8) is 0 Å². The fraction of sp³-hybridized carbons (Fsp3) is 0.133. The lowest BCUT2D eigenvalue weighted by Crippen LogP contribution is -2.11. The molecule has 21 heavy (non-hydrogen) atoms. The van der Waals surface area contributed by atoms with Crippen molar-refractivity contribution in [1.29, 1.82) is 0 Å². The molecule has 0 saturated carbocycles. The standard InChI is InChI=1S/C15H14N4OS/c1-8-7-9(2)18-15-11(8)12(16)13(21-15)14(20)19-10-3-5-17-6-4-10/h3-7H,16H2,1-2H3,(H,17,19,20). The number of aryl methyl sites for hydroxylation is 2. The van der Waals surface area contributed by atoms with Gasteiger partial charge >= 0.3 is 0 Å². The van der Waals surface area contributed by atoms with E-state index in [2.05, 4.69) is 15.3 Å². The lowest BCUT2D eigenvalue weighted by atomic mass is 10.1. The third kappa shape index (κ3) is 2.45. The summed E-state index contributed by atoms with van der Waals surface area (Å²) in [5, 5.41) is 3.68. The Morgan fingerprint density at radius 1 is 1.29 bits per heavy atom. The number of anilines is 2. The number of nitrogens with two attached hydrogens (primary N) is 1. The molecular weight excluding hydrogens is 284 g/mol. The molecule has 106 valence electrons.